The Balaban J connectivity index is 2.36. The normalized spacial score (nSPS) is 23.4. The molecule has 1 N–H and O–H groups in total. The van der Waals surface area contributed by atoms with Crippen LogP contribution in [0.15, 0.2) is 42.6 Å². The van der Waals surface area contributed by atoms with E-state index >= 15 is 0 Å². The Morgan fingerprint density at radius 3 is 2.67 bits per heavy atom. The lowest BCUT2D eigenvalue weighted by Crippen LogP contribution is -2.41. The second kappa shape index (κ2) is 5.04. The van der Waals surface area contributed by atoms with Gasteiger partial charge in [0.05, 0.1) is 7.11 Å². The Labute approximate surface area is 106 Å². The summed E-state index contributed by atoms with van der Waals surface area (Å²) in [5, 5.41) is 2.61. The van der Waals surface area contributed by atoms with Crippen molar-refractivity contribution in [1.29, 1.82) is 0 Å². The molecule has 4 nitrogen and oxygen atoms in total. The van der Waals surface area contributed by atoms with Crippen LogP contribution in [-0.2, 0) is 14.3 Å². The number of nitrogens with one attached hydrogen (secondary N) is 1. The standard InChI is InChI=1S/C14H15NO3/c1-9-13(14(17)18-2)11(8-12(16)15-9)10-6-4-3-5-7-10/h3-7,11,13H,1,8H2,2H3,(H,15,16). The molecule has 2 unspecified atom stereocenters. The third-order valence-electron chi connectivity index (χ3n) is 3.17. The third-order valence-corrected chi connectivity index (χ3v) is 3.17. The van der Waals surface area contributed by atoms with Crippen LogP contribution in [0.25, 0.3) is 0 Å². The molecule has 1 aliphatic heterocycles. The zero-order valence-corrected chi connectivity index (χ0v) is 10.2. The van der Waals surface area contributed by atoms with Crippen LogP contribution in [0.4, 0.5) is 0 Å². The molecule has 1 fully saturated rings. The van der Waals surface area contributed by atoms with Gasteiger partial charge in [0.2, 0.25) is 5.91 Å². The first-order valence-electron chi connectivity index (χ1n) is 5.75. The van der Waals surface area contributed by atoms with Crippen LogP contribution in [0.3, 0.4) is 0 Å². The molecule has 0 aliphatic carbocycles. The Morgan fingerprint density at radius 1 is 1.39 bits per heavy atom. The number of ether oxygens (including phenoxy) is 1. The van der Waals surface area contributed by atoms with Crippen LogP contribution >= 0.6 is 0 Å². The van der Waals surface area contributed by atoms with Crippen LogP contribution in [0.1, 0.15) is 17.9 Å². The van der Waals surface area contributed by atoms with E-state index in [-0.39, 0.29) is 24.2 Å². The second-order valence-corrected chi connectivity index (χ2v) is 4.30. The molecular weight excluding hydrogens is 230 g/mol. The molecule has 1 aromatic rings. The summed E-state index contributed by atoms with van der Waals surface area (Å²) >= 11 is 0. The summed E-state index contributed by atoms with van der Waals surface area (Å²) in [5.41, 5.74) is 1.36. The number of carbonyl (C=O) groups excluding carboxylic acids is 2. The predicted octanol–water partition coefficient (Wildman–Crippen LogP) is 1.59. The van der Waals surface area contributed by atoms with Gasteiger partial charge in [0.1, 0.15) is 5.92 Å². The van der Waals surface area contributed by atoms with Gasteiger partial charge in [0.15, 0.2) is 0 Å². The molecule has 4 heteroatoms. The quantitative estimate of drug-likeness (QED) is 0.805. The smallest absolute Gasteiger partial charge is 0.315 e. The van der Waals surface area contributed by atoms with Crippen molar-refractivity contribution < 1.29 is 14.3 Å². The highest BCUT2D eigenvalue weighted by Gasteiger charge is 2.38. The van der Waals surface area contributed by atoms with Gasteiger partial charge in [0.25, 0.3) is 0 Å². The van der Waals surface area contributed by atoms with Crippen LogP contribution < -0.4 is 5.32 Å². The monoisotopic (exact) mass is 245 g/mol. The Hall–Kier alpha value is -2.10. The molecule has 1 heterocycles. The molecule has 0 spiro atoms. The molecule has 1 aliphatic rings. The minimum atomic E-state index is -0.518. The van der Waals surface area contributed by atoms with E-state index in [1.165, 1.54) is 7.11 Å². The maximum atomic E-state index is 11.8. The Morgan fingerprint density at radius 2 is 2.06 bits per heavy atom. The number of rotatable bonds is 2. The first-order valence-corrected chi connectivity index (χ1v) is 5.75. The topological polar surface area (TPSA) is 55.4 Å². The van der Waals surface area contributed by atoms with E-state index in [0.717, 1.165) is 5.56 Å². The molecule has 0 aromatic heterocycles. The molecule has 1 aromatic carbocycles. The molecule has 94 valence electrons. The van der Waals surface area contributed by atoms with Gasteiger partial charge in [0, 0.05) is 18.0 Å². The molecule has 2 rings (SSSR count). The van der Waals surface area contributed by atoms with Gasteiger partial charge in [-0.05, 0) is 5.56 Å². The minimum Gasteiger partial charge on any atom is -0.468 e. The predicted molar refractivity (Wildman–Crippen MR) is 66.6 cm³/mol. The first kappa shape index (κ1) is 12.4. The van der Waals surface area contributed by atoms with E-state index in [1.807, 2.05) is 30.3 Å². The first-order chi connectivity index (χ1) is 8.63. The van der Waals surface area contributed by atoms with Crippen molar-refractivity contribution in [2.45, 2.75) is 12.3 Å². The lowest BCUT2D eigenvalue weighted by Gasteiger charge is -2.31. The van der Waals surface area contributed by atoms with Gasteiger partial charge in [-0.15, -0.1) is 0 Å². The van der Waals surface area contributed by atoms with Crippen molar-refractivity contribution in [3.63, 3.8) is 0 Å². The van der Waals surface area contributed by atoms with Crippen molar-refractivity contribution >= 4 is 11.9 Å². The summed E-state index contributed by atoms with van der Waals surface area (Å²) in [7, 11) is 1.34. The van der Waals surface area contributed by atoms with Gasteiger partial charge >= 0.3 is 5.97 Å². The Kier molecular flexibility index (Phi) is 3.46. The molecule has 1 amide bonds. The number of hydrogen-bond acceptors (Lipinski definition) is 3. The van der Waals surface area contributed by atoms with Gasteiger partial charge in [-0.1, -0.05) is 36.9 Å². The van der Waals surface area contributed by atoms with Crippen LogP contribution in [0.5, 0.6) is 0 Å². The van der Waals surface area contributed by atoms with E-state index in [9.17, 15) is 9.59 Å². The van der Waals surface area contributed by atoms with Crippen molar-refractivity contribution in [1.82, 2.24) is 5.32 Å². The molecule has 0 radical (unpaired) electrons. The highest BCUT2D eigenvalue weighted by Crippen LogP contribution is 2.35. The zero-order chi connectivity index (χ0) is 13.1. The number of piperidine rings is 1. The number of esters is 1. The average molecular weight is 245 g/mol. The van der Waals surface area contributed by atoms with Gasteiger partial charge in [-0.25, -0.2) is 0 Å². The summed E-state index contributed by atoms with van der Waals surface area (Å²) in [4.78, 5) is 23.4. The summed E-state index contributed by atoms with van der Waals surface area (Å²) in [6, 6.07) is 9.49. The fourth-order valence-electron chi connectivity index (χ4n) is 2.31. The molecule has 0 bridgehead atoms. The van der Waals surface area contributed by atoms with E-state index < -0.39 is 5.92 Å². The van der Waals surface area contributed by atoms with E-state index in [2.05, 4.69) is 11.9 Å². The summed E-state index contributed by atoms with van der Waals surface area (Å²) in [6.45, 7) is 3.76. The SMILES string of the molecule is C=C1NC(=O)CC(c2ccccc2)C1C(=O)OC. The highest BCUT2D eigenvalue weighted by molar-refractivity contribution is 5.86. The summed E-state index contributed by atoms with van der Waals surface area (Å²) in [5.74, 6) is -1.21. The van der Waals surface area contributed by atoms with Gasteiger partial charge < -0.3 is 10.1 Å². The van der Waals surface area contributed by atoms with E-state index in [0.29, 0.717) is 5.70 Å². The number of amides is 1. The third kappa shape index (κ3) is 2.27. The van der Waals surface area contributed by atoms with Gasteiger partial charge in [-0.2, -0.15) is 0 Å². The van der Waals surface area contributed by atoms with Crippen LogP contribution in [-0.4, -0.2) is 19.0 Å². The maximum Gasteiger partial charge on any atom is 0.315 e. The largest absolute Gasteiger partial charge is 0.468 e. The molecule has 0 saturated carbocycles. The molecule has 18 heavy (non-hydrogen) atoms. The van der Waals surface area contributed by atoms with Crippen molar-refractivity contribution in [2.24, 2.45) is 5.92 Å². The minimum absolute atomic E-state index is 0.117. The number of hydrogen-bond donors (Lipinski definition) is 1. The average Bonchev–Trinajstić information content (AvgIpc) is 2.38. The van der Waals surface area contributed by atoms with E-state index in [4.69, 9.17) is 4.74 Å². The van der Waals surface area contributed by atoms with Gasteiger partial charge in [-0.3, -0.25) is 9.59 Å². The fourth-order valence-corrected chi connectivity index (χ4v) is 2.31. The van der Waals surface area contributed by atoms with Crippen LogP contribution in [0, 0.1) is 5.92 Å². The molecular formula is C14H15NO3. The number of methoxy groups -OCH3 is 1. The van der Waals surface area contributed by atoms with E-state index in [1.54, 1.807) is 0 Å². The number of benzene rings is 1. The lowest BCUT2D eigenvalue weighted by atomic mass is 9.79. The highest BCUT2D eigenvalue weighted by atomic mass is 16.5. The summed E-state index contributed by atoms with van der Waals surface area (Å²) < 4.78 is 4.80. The Bertz CT molecular complexity index is 481. The maximum absolute atomic E-state index is 11.8. The number of carbonyl (C=O) groups is 2. The lowest BCUT2D eigenvalue weighted by molar-refractivity contribution is -0.146. The van der Waals surface area contributed by atoms with Crippen molar-refractivity contribution in [3.8, 4) is 0 Å². The molecule has 2 atom stereocenters. The van der Waals surface area contributed by atoms with Crippen LogP contribution in [0.2, 0.25) is 0 Å². The van der Waals surface area contributed by atoms with Crippen molar-refractivity contribution in [3.05, 3.63) is 48.2 Å². The van der Waals surface area contributed by atoms with Crippen molar-refractivity contribution in [2.75, 3.05) is 7.11 Å². The second-order valence-electron chi connectivity index (χ2n) is 4.30. The summed E-state index contributed by atoms with van der Waals surface area (Å²) in [6.07, 6.45) is 0.267. The molecule has 1 saturated heterocycles. The zero-order valence-electron chi connectivity index (χ0n) is 10.2. The fraction of sp³-hybridized carbons (Fsp3) is 0.286.